The molecule has 0 spiro atoms. The molecule has 2 aromatic carbocycles. The van der Waals surface area contributed by atoms with Crippen LogP contribution < -0.4 is 4.72 Å². The summed E-state index contributed by atoms with van der Waals surface area (Å²) in [6.07, 6.45) is 5.19. The Hall–Kier alpha value is -1.83. The van der Waals surface area contributed by atoms with Crippen LogP contribution in [-0.2, 0) is 10.0 Å². The Kier molecular flexibility index (Phi) is 3.37. The van der Waals surface area contributed by atoms with E-state index in [0.29, 0.717) is 5.39 Å². The monoisotopic (exact) mass is 259 g/mol. The molecule has 0 fully saturated rings. The predicted molar refractivity (Wildman–Crippen MR) is 72.6 cm³/mol. The van der Waals surface area contributed by atoms with Crippen LogP contribution in [0.5, 0.6) is 0 Å². The molecule has 0 saturated heterocycles. The zero-order valence-electron chi connectivity index (χ0n) is 9.92. The van der Waals surface area contributed by atoms with Gasteiger partial charge in [-0.25, -0.2) is 8.42 Å². The minimum Gasteiger partial charge on any atom is -0.207 e. The average Bonchev–Trinajstić information content (AvgIpc) is 2.37. The molecule has 0 amide bonds. The van der Waals surface area contributed by atoms with Crippen molar-refractivity contribution in [3.05, 3.63) is 42.5 Å². The van der Waals surface area contributed by atoms with E-state index in [1.165, 1.54) is 0 Å². The van der Waals surface area contributed by atoms with Gasteiger partial charge in [-0.3, -0.25) is 0 Å². The van der Waals surface area contributed by atoms with Gasteiger partial charge in [0.2, 0.25) is 10.0 Å². The van der Waals surface area contributed by atoms with Crippen LogP contribution in [0.2, 0.25) is 0 Å². The third-order valence-corrected chi connectivity index (χ3v) is 4.22. The summed E-state index contributed by atoms with van der Waals surface area (Å²) < 4.78 is 26.9. The maximum atomic E-state index is 12.2. The number of sulfonamides is 1. The first-order chi connectivity index (χ1) is 8.54. The van der Waals surface area contributed by atoms with E-state index in [4.69, 9.17) is 6.42 Å². The molecule has 0 aliphatic carbocycles. The topological polar surface area (TPSA) is 46.2 Å². The second kappa shape index (κ2) is 4.81. The highest BCUT2D eigenvalue weighted by atomic mass is 32.2. The highest BCUT2D eigenvalue weighted by Gasteiger charge is 2.18. The van der Waals surface area contributed by atoms with Crippen LogP contribution >= 0.6 is 0 Å². The smallest absolute Gasteiger partial charge is 0.207 e. The molecule has 1 N–H and O–H groups in total. The Morgan fingerprint density at radius 3 is 2.56 bits per heavy atom. The lowest BCUT2D eigenvalue weighted by molar-refractivity contribution is 0.578. The van der Waals surface area contributed by atoms with Gasteiger partial charge in [0.1, 0.15) is 0 Å². The minimum absolute atomic E-state index is 0.253. The van der Waals surface area contributed by atoms with Crippen LogP contribution in [0, 0.1) is 12.3 Å². The molecule has 2 aromatic rings. The van der Waals surface area contributed by atoms with Crippen LogP contribution in [0.4, 0.5) is 0 Å². The third kappa shape index (κ3) is 2.37. The van der Waals surface area contributed by atoms with Crippen LogP contribution in [0.25, 0.3) is 10.8 Å². The Labute approximate surface area is 107 Å². The largest absolute Gasteiger partial charge is 0.242 e. The molecular formula is C14H13NO2S. The molecule has 0 bridgehead atoms. The number of hydrogen-bond donors (Lipinski definition) is 1. The van der Waals surface area contributed by atoms with E-state index in [1.807, 2.05) is 24.3 Å². The number of hydrogen-bond acceptors (Lipinski definition) is 2. The van der Waals surface area contributed by atoms with Crippen molar-refractivity contribution >= 4 is 20.8 Å². The van der Waals surface area contributed by atoms with Gasteiger partial charge in [0.05, 0.1) is 10.9 Å². The van der Waals surface area contributed by atoms with E-state index >= 15 is 0 Å². The molecule has 1 unspecified atom stereocenters. The zero-order chi connectivity index (χ0) is 13.2. The molecule has 18 heavy (non-hydrogen) atoms. The van der Waals surface area contributed by atoms with E-state index in [0.717, 1.165) is 5.39 Å². The SMILES string of the molecule is C#CC(C)NS(=O)(=O)c1cccc2ccccc12. The van der Waals surface area contributed by atoms with Gasteiger partial charge in [0.25, 0.3) is 0 Å². The summed E-state index contributed by atoms with van der Waals surface area (Å²) >= 11 is 0. The molecule has 1 atom stereocenters. The standard InChI is InChI=1S/C14H13NO2S/c1-3-11(2)15-18(16,17)14-10-6-8-12-7-4-5-9-13(12)14/h1,4-11,15H,2H3. The van der Waals surface area contributed by atoms with Gasteiger partial charge in [-0.2, -0.15) is 4.72 Å². The summed E-state index contributed by atoms with van der Waals surface area (Å²) in [5, 5.41) is 1.57. The first-order valence-electron chi connectivity index (χ1n) is 5.51. The number of fused-ring (bicyclic) bond motifs is 1. The summed E-state index contributed by atoms with van der Waals surface area (Å²) in [4.78, 5) is 0.253. The van der Waals surface area contributed by atoms with E-state index in [9.17, 15) is 8.42 Å². The second-order valence-electron chi connectivity index (χ2n) is 3.99. The zero-order valence-corrected chi connectivity index (χ0v) is 10.7. The number of terminal acetylenes is 1. The summed E-state index contributed by atoms with van der Waals surface area (Å²) in [6.45, 7) is 1.63. The van der Waals surface area contributed by atoms with Gasteiger partial charge in [-0.1, -0.05) is 42.3 Å². The van der Waals surface area contributed by atoms with Gasteiger partial charge in [0.15, 0.2) is 0 Å². The first kappa shape index (κ1) is 12.6. The fraction of sp³-hybridized carbons (Fsp3) is 0.143. The van der Waals surface area contributed by atoms with Gasteiger partial charge < -0.3 is 0 Å². The van der Waals surface area contributed by atoms with Crippen molar-refractivity contribution < 1.29 is 8.42 Å². The molecule has 0 heterocycles. The molecule has 92 valence electrons. The first-order valence-corrected chi connectivity index (χ1v) is 6.99. The molecule has 0 aromatic heterocycles. The summed E-state index contributed by atoms with van der Waals surface area (Å²) in [7, 11) is -3.59. The molecule has 0 aliphatic rings. The van der Waals surface area contributed by atoms with Gasteiger partial charge in [-0.15, -0.1) is 6.42 Å². The Morgan fingerprint density at radius 1 is 1.17 bits per heavy atom. The molecule has 3 nitrogen and oxygen atoms in total. The lowest BCUT2D eigenvalue weighted by Crippen LogP contribution is -2.31. The second-order valence-corrected chi connectivity index (χ2v) is 5.67. The Bertz CT molecular complexity index is 709. The highest BCUT2D eigenvalue weighted by molar-refractivity contribution is 7.89. The lowest BCUT2D eigenvalue weighted by Gasteiger charge is -2.11. The molecule has 0 aliphatic heterocycles. The van der Waals surface area contributed by atoms with Crippen LogP contribution in [0.1, 0.15) is 6.92 Å². The minimum atomic E-state index is -3.59. The number of rotatable bonds is 3. The maximum Gasteiger partial charge on any atom is 0.242 e. The van der Waals surface area contributed by atoms with Crippen molar-refractivity contribution in [2.24, 2.45) is 0 Å². The molecule has 0 saturated carbocycles. The highest BCUT2D eigenvalue weighted by Crippen LogP contribution is 2.22. The van der Waals surface area contributed by atoms with E-state index in [-0.39, 0.29) is 4.90 Å². The third-order valence-electron chi connectivity index (χ3n) is 2.62. The van der Waals surface area contributed by atoms with Crippen LogP contribution in [0.15, 0.2) is 47.4 Å². The molecule has 0 radical (unpaired) electrons. The van der Waals surface area contributed by atoms with Crippen molar-refractivity contribution in [1.29, 1.82) is 0 Å². The van der Waals surface area contributed by atoms with Crippen molar-refractivity contribution in [1.82, 2.24) is 4.72 Å². The number of benzene rings is 2. The van der Waals surface area contributed by atoms with Gasteiger partial charge >= 0.3 is 0 Å². The van der Waals surface area contributed by atoms with E-state index < -0.39 is 16.1 Å². The maximum absolute atomic E-state index is 12.2. The Morgan fingerprint density at radius 2 is 1.83 bits per heavy atom. The molecule has 2 rings (SSSR count). The van der Waals surface area contributed by atoms with Crippen LogP contribution in [0.3, 0.4) is 0 Å². The number of nitrogens with one attached hydrogen (secondary N) is 1. The van der Waals surface area contributed by atoms with Crippen molar-refractivity contribution in [2.45, 2.75) is 17.9 Å². The fourth-order valence-electron chi connectivity index (χ4n) is 1.76. The van der Waals surface area contributed by atoms with Crippen molar-refractivity contribution in [2.75, 3.05) is 0 Å². The fourth-order valence-corrected chi connectivity index (χ4v) is 3.15. The van der Waals surface area contributed by atoms with E-state index in [1.54, 1.807) is 25.1 Å². The quantitative estimate of drug-likeness (QED) is 0.858. The molecular weight excluding hydrogens is 246 g/mol. The predicted octanol–water partition coefficient (Wildman–Crippen LogP) is 2.14. The van der Waals surface area contributed by atoms with Crippen molar-refractivity contribution in [3.8, 4) is 12.3 Å². The Balaban J connectivity index is 2.58. The van der Waals surface area contributed by atoms with Crippen LogP contribution in [-0.4, -0.2) is 14.5 Å². The van der Waals surface area contributed by atoms with Gasteiger partial charge in [0, 0.05) is 5.39 Å². The average molecular weight is 259 g/mol. The normalized spacial score (nSPS) is 13.1. The van der Waals surface area contributed by atoms with Gasteiger partial charge in [-0.05, 0) is 18.4 Å². The summed E-state index contributed by atoms with van der Waals surface area (Å²) in [5.41, 5.74) is 0. The van der Waals surface area contributed by atoms with E-state index in [2.05, 4.69) is 10.6 Å². The van der Waals surface area contributed by atoms with Crippen molar-refractivity contribution in [3.63, 3.8) is 0 Å². The summed E-state index contributed by atoms with van der Waals surface area (Å²) in [6, 6.07) is 12.0. The summed E-state index contributed by atoms with van der Waals surface area (Å²) in [5.74, 6) is 2.35. The lowest BCUT2D eigenvalue weighted by atomic mass is 10.1. The molecule has 4 heteroatoms.